The molecule has 23 heavy (non-hydrogen) atoms. The summed E-state index contributed by atoms with van der Waals surface area (Å²) in [4.78, 5) is 14.0. The summed E-state index contributed by atoms with van der Waals surface area (Å²) in [5, 5.41) is 0. The van der Waals surface area contributed by atoms with Gasteiger partial charge in [0, 0.05) is 25.2 Å². The second kappa shape index (κ2) is 10.7. The molecule has 0 bridgehead atoms. The van der Waals surface area contributed by atoms with Gasteiger partial charge in [-0.25, -0.2) is 4.79 Å². The molecule has 2 atom stereocenters. The van der Waals surface area contributed by atoms with Gasteiger partial charge in [-0.1, -0.05) is 22.6 Å². The summed E-state index contributed by atoms with van der Waals surface area (Å²) in [5.74, 6) is 0. The Hall–Kier alpha value is -0.120. The van der Waals surface area contributed by atoms with Gasteiger partial charge in [0.1, 0.15) is 11.7 Å². The zero-order valence-electron chi connectivity index (χ0n) is 15.5. The largest absolute Gasteiger partial charge is 0.444 e. The molecule has 7 heteroatoms. The Balaban J connectivity index is 4.75. The lowest BCUT2D eigenvalue weighted by Crippen LogP contribution is -2.49. The monoisotopic (exact) mass is 445 g/mol. The molecule has 0 saturated heterocycles. The molecule has 0 N–H and O–H groups in total. The molecule has 0 spiro atoms. The van der Waals surface area contributed by atoms with Crippen molar-refractivity contribution in [1.29, 1.82) is 0 Å². The average molecular weight is 445 g/mol. The van der Waals surface area contributed by atoms with Gasteiger partial charge in [-0.15, -0.1) is 0 Å². The normalized spacial score (nSPS) is 15.8. The predicted octanol–water partition coefficient (Wildman–Crippen LogP) is 3.12. The lowest BCUT2D eigenvalue weighted by Gasteiger charge is -2.35. The number of rotatable bonds is 10. The van der Waals surface area contributed by atoms with Crippen LogP contribution in [0.1, 0.15) is 34.6 Å². The van der Waals surface area contributed by atoms with E-state index in [1.165, 1.54) is 0 Å². The van der Waals surface area contributed by atoms with Gasteiger partial charge in [0.15, 0.2) is 0 Å². The highest BCUT2D eigenvalue weighted by atomic mass is 127. The van der Waals surface area contributed by atoms with Crippen molar-refractivity contribution >= 4 is 28.7 Å². The van der Waals surface area contributed by atoms with E-state index in [2.05, 4.69) is 22.6 Å². The van der Waals surface area contributed by atoms with Crippen LogP contribution in [-0.4, -0.2) is 73.2 Å². The molecule has 0 aliphatic rings. The first-order valence-electron chi connectivity index (χ1n) is 7.80. The lowest BCUT2D eigenvalue weighted by atomic mass is 10.1. The molecule has 0 aromatic heterocycles. The minimum atomic E-state index is -0.508. The summed E-state index contributed by atoms with van der Waals surface area (Å²) in [6, 6.07) is 0. The number of ether oxygens (including phenoxy) is 4. The first kappa shape index (κ1) is 22.9. The van der Waals surface area contributed by atoms with Gasteiger partial charge in [-0.05, 0) is 34.6 Å². The van der Waals surface area contributed by atoms with Crippen LogP contribution in [0.2, 0.25) is 0 Å². The number of alkyl halides is 1. The van der Waals surface area contributed by atoms with Crippen molar-refractivity contribution in [3.63, 3.8) is 0 Å². The Labute approximate surface area is 154 Å². The van der Waals surface area contributed by atoms with Crippen molar-refractivity contribution in [1.82, 2.24) is 4.90 Å². The van der Waals surface area contributed by atoms with Crippen LogP contribution < -0.4 is 0 Å². The molecule has 0 aliphatic heterocycles. The van der Waals surface area contributed by atoms with Crippen molar-refractivity contribution < 1.29 is 23.7 Å². The molecule has 0 saturated carbocycles. The van der Waals surface area contributed by atoms with E-state index in [-0.39, 0.29) is 12.2 Å². The van der Waals surface area contributed by atoms with Crippen LogP contribution in [0.3, 0.4) is 0 Å². The highest BCUT2D eigenvalue weighted by molar-refractivity contribution is 14.1. The first-order chi connectivity index (χ1) is 10.6. The van der Waals surface area contributed by atoms with Crippen LogP contribution in [0.25, 0.3) is 0 Å². The molecular formula is C16H32INO5. The van der Waals surface area contributed by atoms with Gasteiger partial charge >= 0.3 is 6.09 Å². The third-order valence-corrected chi connectivity index (χ3v) is 4.76. The number of likely N-dealkylation sites (N-methyl/N-ethyl adjacent to an activating group) is 1. The van der Waals surface area contributed by atoms with E-state index in [1.54, 1.807) is 19.1 Å². The Kier molecular flexibility index (Phi) is 10.6. The molecule has 0 aliphatic carbocycles. The first-order valence-corrected chi connectivity index (χ1v) is 9.33. The summed E-state index contributed by atoms with van der Waals surface area (Å²) >= 11 is 2.27. The van der Waals surface area contributed by atoms with Gasteiger partial charge < -0.3 is 23.8 Å². The molecule has 138 valence electrons. The quantitative estimate of drug-likeness (QED) is 0.382. The fourth-order valence-corrected chi connectivity index (χ4v) is 2.29. The molecule has 6 nitrogen and oxygen atoms in total. The molecule has 1 amide bonds. The zero-order chi connectivity index (χ0) is 18.1. The maximum absolute atomic E-state index is 12.3. The Bertz CT molecular complexity index is 348. The van der Waals surface area contributed by atoms with E-state index >= 15 is 0 Å². The van der Waals surface area contributed by atoms with E-state index < -0.39 is 11.2 Å². The third-order valence-electron chi connectivity index (χ3n) is 3.14. The van der Waals surface area contributed by atoms with Crippen molar-refractivity contribution in [2.75, 3.05) is 45.0 Å². The fourth-order valence-electron chi connectivity index (χ4n) is 1.83. The molecule has 0 aromatic carbocycles. The molecule has 0 fully saturated rings. The number of hydrogen-bond donors (Lipinski definition) is 0. The number of carbonyl (C=O) groups excluding carboxylic acids is 1. The number of methoxy groups -OCH3 is 2. The van der Waals surface area contributed by atoms with Gasteiger partial charge in [-0.2, -0.15) is 0 Å². The number of nitrogens with zero attached hydrogens (tertiary/aromatic N) is 1. The number of hydrogen-bond acceptors (Lipinski definition) is 5. The Morgan fingerprint density at radius 2 is 1.78 bits per heavy atom. The molecule has 0 rings (SSSR count). The molecular weight excluding hydrogens is 413 g/mol. The summed E-state index contributed by atoms with van der Waals surface area (Å²) in [6.45, 7) is 11.4. The number of carbonyl (C=O) groups is 1. The van der Waals surface area contributed by atoms with E-state index in [9.17, 15) is 4.79 Å². The van der Waals surface area contributed by atoms with E-state index in [0.29, 0.717) is 26.3 Å². The predicted molar refractivity (Wildman–Crippen MR) is 99.4 cm³/mol. The van der Waals surface area contributed by atoms with Crippen LogP contribution in [0.4, 0.5) is 4.79 Å². The summed E-state index contributed by atoms with van der Waals surface area (Å²) < 4.78 is 22.6. The standard InChI is InChI=1S/C16H32INO5/c1-8-18(14(19)23-15(2,3)4)12-16(5,11-17)22-10-13(21-7)9-20-6/h13H,8-12H2,1-7H3. The SMILES string of the molecule is CCN(CC(C)(CI)OCC(COC)OC)C(=O)OC(C)(C)C. The fraction of sp³-hybridized carbons (Fsp3) is 0.938. The lowest BCUT2D eigenvalue weighted by molar-refractivity contribution is -0.0930. The van der Waals surface area contributed by atoms with E-state index in [1.807, 2.05) is 34.6 Å². The van der Waals surface area contributed by atoms with Gasteiger partial charge in [-0.3, -0.25) is 0 Å². The average Bonchev–Trinajstić information content (AvgIpc) is 2.47. The minimum Gasteiger partial charge on any atom is -0.444 e. The highest BCUT2D eigenvalue weighted by Gasteiger charge is 2.31. The van der Waals surface area contributed by atoms with Crippen molar-refractivity contribution in [3.05, 3.63) is 0 Å². The topological polar surface area (TPSA) is 57.2 Å². The number of halogens is 1. The van der Waals surface area contributed by atoms with Gasteiger partial charge in [0.05, 0.1) is 25.4 Å². The maximum atomic E-state index is 12.3. The maximum Gasteiger partial charge on any atom is 0.410 e. The summed E-state index contributed by atoms with van der Waals surface area (Å²) in [6.07, 6.45) is -0.446. The van der Waals surface area contributed by atoms with Crippen LogP contribution >= 0.6 is 22.6 Å². The van der Waals surface area contributed by atoms with Gasteiger partial charge in [0.2, 0.25) is 0 Å². The zero-order valence-corrected chi connectivity index (χ0v) is 17.6. The van der Waals surface area contributed by atoms with Crippen LogP contribution in [0.5, 0.6) is 0 Å². The van der Waals surface area contributed by atoms with Crippen LogP contribution in [0, 0.1) is 0 Å². The molecule has 0 radical (unpaired) electrons. The highest BCUT2D eigenvalue weighted by Crippen LogP contribution is 2.19. The Morgan fingerprint density at radius 3 is 2.17 bits per heavy atom. The molecule has 0 aromatic rings. The van der Waals surface area contributed by atoms with E-state index in [4.69, 9.17) is 18.9 Å². The van der Waals surface area contributed by atoms with Gasteiger partial charge in [0.25, 0.3) is 0 Å². The van der Waals surface area contributed by atoms with Crippen LogP contribution in [-0.2, 0) is 18.9 Å². The van der Waals surface area contributed by atoms with Crippen LogP contribution in [0.15, 0.2) is 0 Å². The van der Waals surface area contributed by atoms with Crippen molar-refractivity contribution in [2.24, 2.45) is 0 Å². The number of amides is 1. The minimum absolute atomic E-state index is 0.126. The van der Waals surface area contributed by atoms with Crippen molar-refractivity contribution in [2.45, 2.75) is 51.9 Å². The molecule has 0 heterocycles. The molecule has 2 unspecified atom stereocenters. The smallest absolute Gasteiger partial charge is 0.410 e. The second-order valence-corrected chi connectivity index (χ2v) is 7.46. The second-order valence-electron chi connectivity index (χ2n) is 6.70. The van der Waals surface area contributed by atoms with Crippen molar-refractivity contribution in [3.8, 4) is 0 Å². The van der Waals surface area contributed by atoms with E-state index in [0.717, 1.165) is 4.43 Å². The summed E-state index contributed by atoms with van der Waals surface area (Å²) in [7, 11) is 3.26. The third kappa shape index (κ3) is 9.69. The Morgan fingerprint density at radius 1 is 1.17 bits per heavy atom. The summed E-state index contributed by atoms with van der Waals surface area (Å²) in [5.41, 5.74) is -0.982.